The highest BCUT2D eigenvalue weighted by molar-refractivity contribution is 5.79. The number of aromatic amines is 2. The minimum atomic E-state index is -1.78. The van der Waals surface area contributed by atoms with Crippen molar-refractivity contribution < 1.29 is 9.90 Å². The maximum Gasteiger partial charge on any atom is 0.329 e. The Balaban J connectivity index is 3.40. The molecule has 1 heterocycles. The number of carbonyl (C=O) groups is 1. The van der Waals surface area contributed by atoms with E-state index in [1.54, 1.807) is 0 Å². The molecule has 0 radical (unpaired) electrons. The SMILES string of the molecule is CC(N)(C(=O)O)c1cc(=O)[nH]c(=O)[nH]1. The van der Waals surface area contributed by atoms with E-state index in [9.17, 15) is 14.4 Å². The number of hydrogen-bond donors (Lipinski definition) is 4. The lowest BCUT2D eigenvalue weighted by Gasteiger charge is -2.17. The first kappa shape index (κ1) is 10.2. The molecule has 0 aromatic carbocycles. The van der Waals surface area contributed by atoms with Gasteiger partial charge in [-0.05, 0) is 6.92 Å². The molecule has 0 spiro atoms. The molecule has 76 valence electrons. The summed E-state index contributed by atoms with van der Waals surface area (Å²) in [6.45, 7) is 1.18. The zero-order valence-electron chi connectivity index (χ0n) is 7.33. The van der Waals surface area contributed by atoms with E-state index in [4.69, 9.17) is 10.8 Å². The first-order valence-corrected chi connectivity index (χ1v) is 3.70. The van der Waals surface area contributed by atoms with Crippen molar-refractivity contribution in [1.82, 2.24) is 9.97 Å². The second kappa shape index (κ2) is 3.11. The molecular weight excluding hydrogens is 190 g/mol. The van der Waals surface area contributed by atoms with Gasteiger partial charge in [-0.3, -0.25) is 9.78 Å². The number of H-pyrrole nitrogens is 2. The van der Waals surface area contributed by atoms with Gasteiger partial charge in [-0.25, -0.2) is 9.59 Å². The third-order valence-corrected chi connectivity index (χ3v) is 1.76. The number of carboxylic acid groups (broad SMARTS) is 1. The maximum absolute atomic E-state index is 10.9. The highest BCUT2D eigenvalue weighted by atomic mass is 16.4. The summed E-state index contributed by atoms with van der Waals surface area (Å²) in [5, 5.41) is 8.72. The van der Waals surface area contributed by atoms with Crippen LogP contribution in [0.2, 0.25) is 0 Å². The van der Waals surface area contributed by atoms with Crippen LogP contribution in [0.1, 0.15) is 12.6 Å². The molecule has 0 fully saturated rings. The van der Waals surface area contributed by atoms with E-state index < -0.39 is 22.8 Å². The lowest BCUT2D eigenvalue weighted by molar-refractivity contribution is -0.143. The van der Waals surface area contributed by atoms with Crippen LogP contribution in [-0.4, -0.2) is 21.0 Å². The van der Waals surface area contributed by atoms with Gasteiger partial charge in [-0.2, -0.15) is 0 Å². The summed E-state index contributed by atoms with van der Waals surface area (Å²) in [6, 6.07) is 0.940. The van der Waals surface area contributed by atoms with Crippen molar-refractivity contribution in [2.75, 3.05) is 0 Å². The summed E-state index contributed by atoms with van der Waals surface area (Å²) in [5.74, 6) is -1.33. The largest absolute Gasteiger partial charge is 0.480 e. The van der Waals surface area contributed by atoms with E-state index in [2.05, 4.69) is 4.98 Å². The van der Waals surface area contributed by atoms with E-state index in [-0.39, 0.29) is 5.69 Å². The first-order valence-electron chi connectivity index (χ1n) is 3.70. The van der Waals surface area contributed by atoms with Gasteiger partial charge in [0, 0.05) is 6.07 Å². The average molecular weight is 199 g/mol. The average Bonchev–Trinajstić information content (AvgIpc) is 2.01. The van der Waals surface area contributed by atoms with Crippen LogP contribution >= 0.6 is 0 Å². The van der Waals surface area contributed by atoms with Crippen LogP contribution in [-0.2, 0) is 10.3 Å². The summed E-state index contributed by atoms with van der Waals surface area (Å²) in [5.41, 5.74) is 1.99. The van der Waals surface area contributed by atoms with E-state index in [1.807, 2.05) is 4.98 Å². The molecule has 1 rings (SSSR count). The second-order valence-electron chi connectivity index (χ2n) is 3.01. The lowest BCUT2D eigenvalue weighted by atomic mass is 10.00. The minimum absolute atomic E-state index is 0.140. The van der Waals surface area contributed by atoms with Gasteiger partial charge < -0.3 is 15.8 Å². The quantitative estimate of drug-likeness (QED) is 0.452. The molecule has 0 aliphatic rings. The van der Waals surface area contributed by atoms with Crippen molar-refractivity contribution in [1.29, 1.82) is 0 Å². The van der Waals surface area contributed by atoms with Crippen molar-refractivity contribution in [3.63, 3.8) is 0 Å². The number of rotatable bonds is 2. The fraction of sp³-hybridized carbons (Fsp3) is 0.286. The molecule has 7 heteroatoms. The number of carboxylic acids is 1. The number of hydrogen-bond acceptors (Lipinski definition) is 4. The second-order valence-corrected chi connectivity index (χ2v) is 3.01. The van der Waals surface area contributed by atoms with E-state index >= 15 is 0 Å². The van der Waals surface area contributed by atoms with Crippen LogP contribution in [0.15, 0.2) is 15.7 Å². The van der Waals surface area contributed by atoms with Crippen molar-refractivity contribution >= 4 is 5.97 Å². The molecule has 0 amide bonds. The lowest BCUT2D eigenvalue weighted by Crippen LogP contribution is -2.44. The van der Waals surface area contributed by atoms with Gasteiger partial charge in [0.2, 0.25) is 0 Å². The van der Waals surface area contributed by atoms with Crippen LogP contribution in [0.4, 0.5) is 0 Å². The van der Waals surface area contributed by atoms with E-state index in [0.717, 1.165) is 6.07 Å². The molecule has 7 nitrogen and oxygen atoms in total. The molecule has 1 unspecified atom stereocenters. The monoisotopic (exact) mass is 199 g/mol. The highest BCUT2D eigenvalue weighted by Crippen LogP contribution is 2.11. The Morgan fingerprint density at radius 2 is 2.07 bits per heavy atom. The van der Waals surface area contributed by atoms with E-state index in [0.29, 0.717) is 0 Å². The molecule has 0 bridgehead atoms. The third kappa shape index (κ3) is 1.72. The molecule has 1 aromatic rings. The molecule has 1 aromatic heterocycles. The predicted molar refractivity (Wildman–Crippen MR) is 46.9 cm³/mol. The van der Waals surface area contributed by atoms with Crippen molar-refractivity contribution in [3.05, 3.63) is 32.6 Å². The molecule has 0 aliphatic carbocycles. The fourth-order valence-corrected chi connectivity index (χ4v) is 0.864. The van der Waals surface area contributed by atoms with Gasteiger partial charge in [-0.1, -0.05) is 0 Å². The standard InChI is InChI=1S/C7H9N3O4/c1-7(8,5(12)13)3-2-4(11)10-6(14)9-3/h2H,8H2,1H3,(H,12,13)(H2,9,10,11,14). The van der Waals surface area contributed by atoms with Gasteiger partial charge in [0.1, 0.15) is 0 Å². The molecule has 0 aliphatic heterocycles. The number of nitrogens with one attached hydrogen (secondary N) is 2. The number of aliphatic carboxylic acids is 1. The van der Waals surface area contributed by atoms with Crippen molar-refractivity contribution in [2.45, 2.75) is 12.5 Å². The molecule has 1 atom stereocenters. The van der Waals surface area contributed by atoms with Crippen molar-refractivity contribution in [3.8, 4) is 0 Å². The summed E-state index contributed by atoms with van der Waals surface area (Å²) < 4.78 is 0. The van der Waals surface area contributed by atoms with Crippen LogP contribution in [0.3, 0.4) is 0 Å². The Morgan fingerprint density at radius 1 is 1.50 bits per heavy atom. The van der Waals surface area contributed by atoms with Gasteiger partial charge in [0.25, 0.3) is 5.56 Å². The van der Waals surface area contributed by atoms with E-state index in [1.165, 1.54) is 6.92 Å². The molecular formula is C7H9N3O4. The van der Waals surface area contributed by atoms with Gasteiger partial charge in [0.15, 0.2) is 5.54 Å². The Kier molecular flexibility index (Phi) is 2.26. The topological polar surface area (TPSA) is 129 Å². The summed E-state index contributed by atoms with van der Waals surface area (Å²) in [7, 11) is 0. The van der Waals surface area contributed by atoms with Crippen LogP contribution in [0, 0.1) is 0 Å². The third-order valence-electron chi connectivity index (χ3n) is 1.76. The Labute approximate surface area is 77.6 Å². The van der Waals surface area contributed by atoms with Crippen LogP contribution in [0.5, 0.6) is 0 Å². The van der Waals surface area contributed by atoms with Crippen LogP contribution in [0.25, 0.3) is 0 Å². The predicted octanol–water partition coefficient (Wildman–Crippen LogP) is -1.68. The zero-order chi connectivity index (χ0) is 10.9. The van der Waals surface area contributed by atoms with Crippen molar-refractivity contribution in [2.24, 2.45) is 5.73 Å². The minimum Gasteiger partial charge on any atom is -0.480 e. The Bertz CT molecular complexity index is 442. The molecule has 0 saturated carbocycles. The summed E-state index contributed by atoms with van der Waals surface area (Å²) in [6.07, 6.45) is 0. The van der Waals surface area contributed by atoms with Gasteiger partial charge in [-0.15, -0.1) is 0 Å². The maximum atomic E-state index is 10.9. The Hall–Kier alpha value is -1.89. The summed E-state index contributed by atoms with van der Waals surface area (Å²) in [4.78, 5) is 36.4. The number of nitrogens with two attached hydrogens (primary N) is 1. The highest BCUT2D eigenvalue weighted by Gasteiger charge is 2.31. The fourth-order valence-electron chi connectivity index (χ4n) is 0.864. The van der Waals surface area contributed by atoms with Crippen LogP contribution < -0.4 is 17.0 Å². The smallest absolute Gasteiger partial charge is 0.329 e. The number of aromatic nitrogens is 2. The zero-order valence-corrected chi connectivity index (χ0v) is 7.33. The normalized spacial score (nSPS) is 14.7. The van der Waals surface area contributed by atoms with Gasteiger partial charge in [0.05, 0.1) is 5.69 Å². The van der Waals surface area contributed by atoms with Gasteiger partial charge >= 0.3 is 11.7 Å². The first-order chi connectivity index (χ1) is 6.34. The molecule has 5 N–H and O–H groups in total. The molecule has 0 saturated heterocycles. The summed E-state index contributed by atoms with van der Waals surface area (Å²) >= 11 is 0. The Morgan fingerprint density at radius 3 is 2.50 bits per heavy atom. The molecule has 14 heavy (non-hydrogen) atoms.